The van der Waals surface area contributed by atoms with Gasteiger partial charge in [-0.25, -0.2) is 4.98 Å². The zero-order valence-corrected chi connectivity index (χ0v) is 22.9. The number of hydrogen-bond donors (Lipinski definition) is 3. The van der Waals surface area contributed by atoms with E-state index in [9.17, 15) is 4.79 Å². The van der Waals surface area contributed by atoms with Gasteiger partial charge in [0, 0.05) is 67.0 Å². The molecule has 2 aliphatic rings. The largest absolute Gasteiger partial charge is 0.489 e. The lowest BCUT2D eigenvalue weighted by molar-refractivity contribution is 0.0966. The lowest BCUT2D eigenvalue weighted by Crippen LogP contribution is -2.44. The van der Waals surface area contributed by atoms with E-state index in [1.54, 1.807) is 6.20 Å². The van der Waals surface area contributed by atoms with Gasteiger partial charge in [-0.2, -0.15) is 0 Å². The van der Waals surface area contributed by atoms with E-state index in [1.807, 2.05) is 67.0 Å². The lowest BCUT2D eigenvalue weighted by atomic mass is 10.0. The molecule has 5 aromatic rings. The number of benzene rings is 2. The van der Waals surface area contributed by atoms with Gasteiger partial charge in [-0.05, 0) is 36.9 Å². The van der Waals surface area contributed by atoms with Crippen molar-refractivity contribution in [2.45, 2.75) is 13.2 Å². The van der Waals surface area contributed by atoms with Crippen molar-refractivity contribution in [2.75, 3.05) is 43.4 Å². The first-order chi connectivity index (χ1) is 20.1. The predicted octanol–water partition coefficient (Wildman–Crippen LogP) is 4.94. The molecule has 1 amide bonds. The van der Waals surface area contributed by atoms with Crippen molar-refractivity contribution < 1.29 is 9.53 Å². The van der Waals surface area contributed by atoms with Gasteiger partial charge in [0.05, 0.1) is 35.0 Å². The van der Waals surface area contributed by atoms with E-state index >= 15 is 0 Å². The monoisotopic (exact) mass is 545 g/mol. The fourth-order valence-corrected chi connectivity index (χ4v) is 5.55. The topological polar surface area (TPSA) is 98.4 Å². The Kier molecular flexibility index (Phi) is 6.48. The SMILES string of the molecule is CN1CCN(c2ccc(Nc3cnc(-c4c[nH]c5cc(OCc6ccccc6)ccc45)c4c3C(=O)NC4)nc2)CC1. The van der Waals surface area contributed by atoms with Gasteiger partial charge in [0.1, 0.15) is 18.2 Å². The molecular weight excluding hydrogens is 514 g/mol. The van der Waals surface area contributed by atoms with Crippen LogP contribution in [0.3, 0.4) is 0 Å². The number of anilines is 3. The van der Waals surface area contributed by atoms with Crippen LogP contribution in [0, 0.1) is 0 Å². The zero-order valence-electron chi connectivity index (χ0n) is 22.9. The second kappa shape index (κ2) is 10.6. The normalized spacial score (nSPS) is 15.1. The Labute approximate surface area is 238 Å². The van der Waals surface area contributed by atoms with Gasteiger partial charge in [0.25, 0.3) is 5.91 Å². The number of carbonyl (C=O) groups excluding carboxylic acids is 1. The molecule has 3 aromatic heterocycles. The molecule has 3 N–H and O–H groups in total. The van der Waals surface area contributed by atoms with E-state index < -0.39 is 0 Å². The number of piperazine rings is 1. The van der Waals surface area contributed by atoms with Crippen LogP contribution < -0.4 is 20.3 Å². The molecule has 2 aliphatic heterocycles. The van der Waals surface area contributed by atoms with Crippen LogP contribution in [0.15, 0.2) is 79.3 Å². The highest BCUT2D eigenvalue weighted by molar-refractivity contribution is 6.07. The number of nitrogens with one attached hydrogen (secondary N) is 3. The third-order valence-corrected chi connectivity index (χ3v) is 7.87. The van der Waals surface area contributed by atoms with Gasteiger partial charge in [0.15, 0.2) is 0 Å². The summed E-state index contributed by atoms with van der Waals surface area (Å²) in [6, 6.07) is 20.1. The highest BCUT2D eigenvalue weighted by atomic mass is 16.5. The Morgan fingerprint density at radius 3 is 2.63 bits per heavy atom. The predicted molar refractivity (Wildman–Crippen MR) is 161 cm³/mol. The maximum atomic E-state index is 12.9. The molecular formula is C32H31N7O2. The van der Waals surface area contributed by atoms with Crippen LogP contribution in [-0.2, 0) is 13.2 Å². The maximum Gasteiger partial charge on any atom is 0.254 e. The first-order valence-corrected chi connectivity index (χ1v) is 13.9. The molecule has 7 rings (SSSR count). The quantitative estimate of drug-likeness (QED) is 0.266. The summed E-state index contributed by atoms with van der Waals surface area (Å²) in [5, 5.41) is 7.33. The molecule has 0 saturated carbocycles. The average Bonchev–Trinajstić information content (AvgIpc) is 3.61. The molecule has 9 heteroatoms. The van der Waals surface area contributed by atoms with Crippen molar-refractivity contribution in [1.82, 2.24) is 25.2 Å². The number of ether oxygens (including phenoxy) is 1. The molecule has 0 aliphatic carbocycles. The third kappa shape index (κ3) is 4.96. The number of amides is 1. The van der Waals surface area contributed by atoms with Crippen molar-refractivity contribution in [3.05, 3.63) is 95.9 Å². The Morgan fingerprint density at radius 1 is 0.976 bits per heavy atom. The molecule has 0 atom stereocenters. The Morgan fingerprint density at radius 2 is 1.83 bits per heavy atom. The number of likely N-dealkylation sites (N-methyl/N-ethyl adjacent to an activating group) is 1. The minimum absolute atomic E-state index is 0.114. The molecule has 206 valence electrons. The number of rotatable bonds is 7. The zero-order chi connectivity index (χ0) is 27.8. The fraction of sp³-hybridized carbons (Fsp3) is 0.219. The molecule has 0 radical (unpaired) electrons. The van der Waals surface area contributed by atoms with Gasteiger partial charge < -0.3 is 30.2 Å². The van der Waals surface area contributed by atoms with Gasteiger partial charge in [-0.1, -0.05) is 30.3 Å². The second-order valence-corrected chi connectivity index (χ2v) is 10.6. The van der Waals surface area contributed by atoms with Crippen molar-refractivity contribution >= 4 is 34.0 Å². The van der Waals surface area contributed by atoms with E-state index in [0.717, 1.165) is 70.9 Å². The molecule has 0 unspecified atom stereocenters. The summed E-state index contributed by atoms with van der Waals surface area (Å²) in [7, 11) is 2.15. The first-order valence-electron chi connectivity index (χ1n) is 13.9. The van der Waals surface area contributed by atoms with E-state index in [-0.39, 0.29) is 5.91 Å². The molecule has 1 fully saturated rings. The van der Waals surface area contributed by atoms with Crippen molar-refractivity contribution in [3.8, 4) is 17.0 Å². The molecule has 0 spiro atoms. The Bertz CT molecular complexity index is 1710. The van der Waals surface area contributed by atoms with E-state index in [1.165, 1.54) is 0 Å². The highest BCUT2D eigenvalue weighted by Gasteiger charge is 2.28. The first kappa shape index (κ1) is 25.1. The van der Waals surface area contributed by atoms with Crippen molar-refractivity contribution in [1.29, 1.82) is 0 Å². The molecule has 9 nitrogen and oxygen atoms in total. The standard InChI is InChI=1S/C32H31N7O2/c1-38-11-13-39(14-12-38)22-7-10-29(34-16-22)37-28-19-35-31(26-18-36-32(40)30(26)28)25-17-33-27-15-23(8-9-24(25)27)41-20-21-5-3-2-4-6-21/h2-10,15-17,19,33H,11-14,18,20H2,1H3,(H,34,37)(H,36,40). The number of aromatic amines is 1. The summed E-state index contributed by atoms with van der Waals surface area (Å²) < 4.78 is 6.01. The summed E-state index contributed by atoms with van der Waals surface area (Å²) in [6.07, 6.45) is 5.56. The van der Waals surface area contributed by atoms with Crippen LogP contribution in [0.4, 0.5) is 17.2 Å². The Balaban J connectivity index is 1.13. The average molecular weight is 546 g/mol. The second-order valence-electron chi connectivity index (χ2n) is 10.6. The van der Waals surface area contributed by atoms with Crippen LogP contribution in [0.1, 0.15) is 21.5 Å². The molecule has 0 bridgehead atoms. The Hall–Kier alpha value is -4.89. The summed E-state index contributed by atoms with van der Waals surface area (Å²) in [6.45, 7) is 4.98. The minimum atomic E-state index is -0.114. The van der Waals surface area contributed by atoms with Gasteiger partial charge in [-0.3, -0.25) is 9.78 Å². The van der Waals surface area contributed by atoms with Gasteiger partial charge >= 0.3 is 0 Å². The number of H-pyrrole nitrogens is 1. The van der Waals surface area contributed by atoms with Gasteiger partial charge in [0.2, 0.25) is 0 Å². The number of carbonyl (C=O) groups is 1. The number of nitrogens with zero attached hydrogens (tertiary/aromatic N) is 4. The minimum Gasteiger partial charge on any atom is -0.489 e. The van der Waals surface area contributed by atoms with Crippen LogP contribution in [0.25, 0.3) is 22.2 Å². The molecule has 5 heterocycles. The van der Waals surface area contributed by atoms with Gasteiger partial charge in [-0.15, -0.1) is 0 Å². The number of aromatic nitrogens is 3. The summed E-state index contributed by atoms with van der Waals surface area (Å²) in [5.41, 5.74) is 7.03. The van der Waals surface area contributed by atoms with E-state index in [0.29, 0.717) is 30.2 Å². The van der Waals surface area contributed by atoms with Crippen LogP contribution in [-0.4, -0.2) is 59.0 Å². The van der Waals surface area contributed by atoms with Crippen LogP contribution in [0.2, 0.25) is 0 Å². The van der Waals surface area contributed by atoms with Crippen LogP contribution in [0.5, 0.6) is 5.75 Å². The fourth-order valence-electron chi connectivity index (χ4n) is 5.55. The maximum absolute atomic E-state index is 12.9. The molecule has 41 heavy (non-hydrogen) atoms. The molecule has 2 aromatic carbocycles. The smallest absolute Gasteiger partial charge is 0.254 e. The summed E-state index contributed by atoms with van der Waals surface area (Å²) in [4.78, 5) is 30.4. The number of pyridine rings is 2. The van der Waals surface area contributed by atoms with E-state index in [2.05, 4.69) is 43.5 Å². The number of hydrogen-bond acceptors (Lipinski definition) is 7. The van der Waals surface area contributed by atoms with E-state index in [4.69, 9.17) is 9.72 Å². The summed E-state index contributed by atoms with van der Waals surface area (Å²) >= 11 is 0. The lowest BCUT2D eigenvalue weighted by Gasteiger charge is -2.33. The highest BCUT2D eigenvalue weighted by Crippen LogP contribution is 2.37. The summed E-state index contributed by atoms with van der Waals surface area (Å²) in [5.74, 6) is 1.35. The van der Waals surface area contributed by atoms with Crippen LogP contribution >= 0.6 is 0 Å². The van der Waals surface area contributed by atoms with Crippen molar-refractivity contribution in [3.63, 3.8) is 0 Å². The molecule has 1 saturated heterocycles. The number of fused-ring (bicyclic) bond motifs is 2. The van der Waals surface area contributed by atoms with Crippen molar-refractivity contribution in [2.24, 2.45) is 0 Å². The third-order valence-electron chi connectivity index (χ3n) is 7.87.